The first-order valence-corrected chi connectivity index (χ1v) is 5.91. The maximum Gasteiger partial charge on any atom is 0.243 e. The number of hydrogen-bond acceptors (Lipinski definition) is 5. The number of methoxy groups -OCH3 is 1. The summed E-state index contributed by atoms with van der Waals surface area (Å²) in [5, 5.41) is 5.29. The zero-order valence-electron chi connectivity index (χ0n) is 10.5. The maximum atomic E-state index is 11.9. The van der Waals surface area contributed by atoms with Gasteiger partial charge < -0.3 is 19.7 Å². The molecule has 0 aliphatic carbocycles. The zero-order chi connectivity index (χ0) is 13.4. The lowest BCUT2D eigenvalue weighted by atomic mass is 10.2. The molecule has 1 unspecified atom stereocenters. The van der Waals surface area contributed by atoms with Gasteiger partial charge in [-0.15, -0.1) is 0 Å². The minimum atomic E-state index is -0.457. The topological polar surface area (TPSA) is 87.7 Å². The second-order valence-corrected chi connectivity index (χ2v) is 4.02. The van der Waals surface area contributed by atoms with Gasteiger partial charge in [0.1, 0.15) is 12.3 Å². The number of hydrogen-bond donors (Lipinski definition) is 2. The third kappa shape index (κ3) is 4.08. The van der Waals surface area contributed by atoms with Crippen LogP contribution in [0.5, 0.6) is 0 Å². The molecule has 1 fully saturated rings. The summed E-state index contributed by atoms with van der Waals surface area (Å²) in [7, 11) is 1.53. The van der Waals surface area contributed by atoms with Gasteiger partial charge in [-0.05, 0) is 12.8 Å². The third-order valence-electron chi connectivity index (χ3n) is 2.76. The smallest absolute Gasteiger partial charge is 0.243 e. The minimum absolute atomic E-state index is 0.0146. The standard InChI is InChI=1S/C11H19N3O4/c1-18-8-12-7-10(16)14-5-2-3-9(14)11(17)13-4-6-15/h6,9,12H,2-5,7-8H2,1H3,(H,13,17). The summed E-state index contributed by atoms with van der Waals surface area (Å²) >= 11 is 0. The minimum Gasteiger partial charge on any atom is -0.370 e. The fraction of sp³-hybridized carbons (Fsp3) is 0.727. The van der Waals surface area contributed by atoms with E-state index in [2.05, 4.69) is 10.6 Å². The molecular formula is C11H19N3O4. The van der Waals surface area contributed by atoms with Crippen LogP contribution < -0.4 is 10.6 Å². The first-order valence-electron chi connectivity index (χ1n) is 5.91. The normalized spacial score (nSPS) is 18.7. The third-order valence-corrected chi connectivity index (χ3v) is 2.76. The van der Waals surface area contributed by atoms with Crippen LogP contribution in [0.25, 0.3) is 0 Å². The lowest BCUT2D eigenvalue weighted by Crippen LogP contribution is -2.48. The molecule has 0 radical (unpaired) electrons. The van der Waals surface area contributed by atoms with Crippen LogP contribution >= 0.6 is 0 Å². The molecule has 1 saturated heterocycles. The molecule has 1 heterocycles. The molecule has 18 heavy (non-hydrogen) atoms. The highest BCUT2D eigenvalue weighted by atomic mass is 16.5. The number of amides is 2. The van der Waals surface area contributed by atoms with Crippen LogP contribution in [0.2, 0.25) is 0 Å². The molecule has 0 aromatic heterocycles. The fourth-order valence-electron chi connectivity index (χ4n) is 1.96. The molecule has 7 heteroatoms. The molecule has 1 aliphatic heterocycles. The van der Waals surface area contributed by atoms with E-state index in [4.69, 9.17) is 4.74 Å². The summed E-state index contributed by atoms with van der Waals surface area (Å²) in [5.74, 6) is -0.393. The highest BCUT2D eigenvalue weighted by Gasteiger charge is 2.33. The van der Waals surface area contributed by atoms with Gasteiger partial charge in [0.05, 0.1) is 19.8 Å². The van der Waals surface area contributed by atoms with E-state index < -0.39 is 6.04 Å². The zero-order valence-corrected chi connectivity index (χ0v) is 10.5. The predicted octanol–water partition coefficient (Wildman–Crippen LogP) is -1.51. The summed E-state index contributed by atoms with van der Waals surface area (Å²) < 4.78 is 4.78. The number of likely N-dealkylation sites (tertiary alicyclic amines) is 1. The molecule has 1 rings (SSSR count). The Morgan fingerprint density at radius 2 is 2.28 bits per heavy atom. The summed E-state index contributed by atoms with van der Waals surface area (Å²) in [6, 6.07) is -0.457. The molecule has 7 nitrogen and oxygen atoms in total. The Balaban J connectivity index is 2.45. The van der Waals surface area contributed by atoms with Gasteiger partial charge in [-0.1, -0.05) is 0 Å². The molecular weight excluding hydrogens is 238 g/mol. The molecule has 0 spiro atoms. The molecule has 2 N–H and O–H groups in total. The lowest BCUT2D eigenvalue weighted by molar-refractivity contribution is -0.138. The number of carbonyl (C=O) groups excluding carboxylic acids is 3. The van der Waals surface area contributed by atoms with Gasteiger partial charge in [0.15, 0.2) is 0 Å². The van der Waals surface area contributed by atoms with Crippen LogP contribution in [0.4, 0.5) is 0 Å². The number of aldehydes is 1. The summed E-state index contributed by atoms with van der Waals surface area (Å²) in [5.41, 5.74) is 0. The van der Waals surface area contributed by atoms with Crippen molar-refractivity contribution in [3.8, 4) is 0 Å². The van der Waals surface area contributed by atoms with Crippen LogP contribution in [0.3, 0.4) is 0 Å². The summed E-state index contributed by atoms with van der Waals surface area (Å²) in [4.78, 5) is 35.3. The van der Waals surface area contributed by atoms with Gasteiger partial charge in [0.25, 0.3) is 0 Å². The van der Waals surface area contributed by atoms with Crippen molar-refractivity contribution in [3.63, 3.8) is 0 Å². The van der Waals surface area contributed by atoms with E-state index in [-0.39, 0.29) is 24.9 Å². The van der Waals surface area contributed by atoms with Crippen molar-refractivity contribution in [2.75, 3.05) is 33.5 Å². The number of carbonyl (C=O) groups is 3. The Kier molecular flexibility index (Phi) is 6.31. The van der Waals surface area contributed by atoms with E-state index in [1.807, 2.05) is 0 Å². The van der Waals surface area contributed by atoms with Crippen LogP contribution in [0, 0.1) is 0 Å². The lowest BCUT2D eigenvalue weighted by Gasteiger charge is -2.23. The molecule has 1 atom stereocenters. The number of nitrogens with zero attached hydrogens (tertiary/aromatic N) is 1. The Labute approximate surface area is 106 Å². The van der Waals surface area contributed by atoms with Gasteiger partial charge >= 0.3 is 0 Å². The molecule has 0 saturated carbocycles. The van der Waals surface area contributed by atoms with E-state index in [0.717, 1.165) is 6.42 Å². The predicted molar refractivity (Wildman–Crippen MR) is 63.7 cm³/mol. The number of nitrogens with one attached hydrogen (secondary N) is 2. The molecule has 1 aliphatic rings. The van der Waals surface area contributed by atoms with Crippen LogP contribution in [-0.4, -0.2) is 62.5 Å². The number of rotatable bonds is 7. The van der Waals surface area contributed by atoms with Crippen molar-refractivity contribution in [2.45, 2.75) is 18.9 Å². The van der Waals surface area contributed by atoms with Crippen molar-refractivity contribution in [3.05, 3.63) is 0 Å². The van der Waals surface area contributed by atoms with E-state index in [9.17, 15) is 14.4 Å². The van der Waals surface area contributed by atoms with E-state index in [1.165, 1.54) is 7.11 Å². The first kappa shape index (κ1) is 14.6. The molecule has 0 aromatic carbocycles. The summed E-state index contributed by atoms with van der Waals surface area (Å²) in [6.45, 7) is 0.999. The van der Waals surface area contributed by atoms with Crippen molar-refractivity contribution in [2.24, 2.45) is 0 Å². The second kappa shape index (κ2) is 7.78. The molecule has 0 bridgehead atoms. The number of ether oxygens (including phenoxy) is 1. The van der Waals surface area contributed by atoms with Gasteiger partial charge in [-0.2, -0.15) is 0 Å². The average Bonchev–Trinajstić information content (AvgIpc) is 2.85. The van der Waals surface area contributed by atoms with E-state index in [1.54, 1.807) is 4.90 Å². The Morgan fingerprint density at radius 3 is 2.94 bits per heavy atom. The summed E-state index contributed by atoms with van der Waals surface area (Å²) in [6.07, 6.45) is 2.06. The Bertz CT molecular complexity index is 309. The molecule has 2 amide bonds. The van der Waals surface area contributed by atoms with Gasteiger partial charge in [0, 0.05) is 13.7 Å². The Morgan fingerprint density at radius 1 is 1.50 bits per heavy atom. The van der Waals surface area contributed by atoms with Gasteiger partial charge in [-0.25, -0.2) is 0 Å². The second-order valence-electron chi connectivity index (χ2n) is 4.02. The van der Waals surface area contributed by atoms with E-state index in [0.29, 0.717) is 26.0 Å². The van der Waals surface area contributed by atoms with Crippen LogP contribution in [0.1, 0.15) is 12.8 Å². The van der Waals surface area contributed by atoms with Crippen LogP contribution in [-0.2, 0) is 19.1 Å². The highest BCUT2D eigenvalue weighted by Crippen LogP contribution is 2.17. The van der Waals surface area contributed by atoms with Gasteiger partial charge in [0.2, 0.25) is 11.8 Å². The largest absolute Gasteiger partial charge is 0.370 e. The van der Waals surface area contributed by atoms with Crippen molar-refractivity contribution < 1.29 is 19.1 Å². The Hall–Kier alpha value is -1.47. The molecule has 102 valence electrons. The van der Waals surface area contributed by atoms with Crippen molar-refractivity contribution in [1.29, 1.82) is 0 Å². The van der Waals surface area contributed by atoms with Crippen molar-refractivity contribution >= 4 is 18.1 Å². The molecule has 0 aromatic rings. The fourth-order valence-corrected chi connectivity index (χ4v) is 1.96. The first-order chi connectivity index (χ1) is 8.70. The van der Waals surface area contributed by atoms with E-state index >= 15 is 0 Å². The monoisotopic (exact) mass is 257 g/mol. The van der Waals surface area contributed by atoms with Crippen molar-refractivity contribution in [1.82, 2.24) is 15.5 Å². The highest BCUT2D eigenvalue weighted by molar-refractivity contribution is 5.89. The van der Waals surface area contributed by atoms with Gasteiger partial charge in [-0.3, -0.25) is 14.9 Å². The van der Waals surface area contributed by atoms with Crippen LogP contribution in [0.15, 0.2) is 0 Å². The average molecular weight is 257 g/mol. The maximum absolute atomic E-state index is 11.9. The quantitative estimate of drug-likeness (QED) is 0.329. The SMILES string of the molecule is COCNCC(=O)N1CCCC1C(=O)NCC=O.